The summed E-state index contributed by atoms with van der Waals surface area (Å²) in [5.74, 6) is -0.468. The van der Waals surface area contributed by atoms with Crippen LogP contribution in [-0.4, -0.2) is 15.1 Å². The molecule has 84 valence electrons. The van der Waals surface area contributed by atoms with Gasteiger partial charge in [-0.15, -0.1) is 13.2 Å². The molecule has 0 saturated heterocycles. The third-order valence-electron chi connectivity index (χ3n) is 1.36. The van der Waals surface area contributed by atoms with Crippen molar-refractivity contribution in [1.82, 2.24) is 0 Å². The lowest BCUT2D eigenvalue weighted by atomic mass is 10.3. The van der Waals surface area contributed by atoms with Crippen LogP contribution in [0.4, 0.5) is 13.2 Å². The number of halogens is 3. The molecule has 1 aromatic rings. The summed E-state index contributed by atoms with van der Waals surface area (Å²) in [6.07, 6.45) is -4.78. The van der Waals surface area contributed by atoms with Crippen LogP contribution in [0.25, 0.3) is 0 Å². The van der Waals surface area contributed by atoms with Gasteiger partial charge in [0.05, 0.1) is 4.90 Å². The Kier molecular flexibility index (Phi) is 3.22. The quantitative estimate of drug-likeness (QED) is 0.883. The molecule has 0 amide bonds. The van der Waals surface area contributed by atoms with Crippen molar-refractivity contribution < 1.29 is 26.7 Å². The minimum Gasteiger partial charge on any atom is -0.406 e. The maximum Gasteiger partial charge on any atom is 0.573 e. The normalized spacial score (nSPS) is 15.7. The zero-order valence-corrected chi connectivity index (χ0v) is 8.66. The molecule has 0 bridgehead atoms. The van der Waals surface area contributed by atoms with Gasteiger partial charge in [0.1, 0.15) is 5.75 Å². The maximum absolute atomic E-state index is 11.7. The lowest BCUT2D eigenvalue weighted by Gasteiger charge is -2.08. The fraction of sp³-hybridized carbons (Fsp3) is 0.143. The van der Waals surface area contributed by atoms with Crippen LogP contribution in [0.2, 0.25) is 0 Å². The van der Waals surface area contributed by atoms with E-state index in [1.54, 1.807) is 0 Å². The molecule has 0 aliphatic carbocycles. The lowest BCUT2D eigenvalue weighted by molar-refractivity contribution is -0.274. The highest BCUT2D eigenvalue weighted by Gasteiger charge is 2.31. The van der Waals surface area contributed by atoms with Crippen molar-refractivity contribution in [2.75, 3.05) is 0 Å². The Morgan fingerprint density at radius 2 is 1.73 bits per heavy atom. The van der Waals surface area contributed by atoms with Crippen LogP contribution in [0.15, 0.2) is 29.2 Å². The molecule has 1 N–H and O–H groups in total. The Morgan fingerprint density at radius 3 is 2.07 bits per heavy atom. The predicted octanol–water partition coefficient (Wildman–Crippen LogP) is 2.16. The summed E-state index contributed by atoms with van der Waals surface area (Å²) in [6, 6.07) is 3.86. The van der Waals surface area contributed by atoms with E-state index in [1.807, 2.05) is 0 Å². The summed E-state index contributed by atoms with van der Waals surface area (Å²) in [6.45, 7) is 0. The highest BCUT2D eigenvalue weighted by atomic mass is 32.8. The highest BCUT2D eigenvalue weighted by Crippen LogP contribution is 2.23. The molecular formula is C7H5F3O3S2. The minimum atomic E-state index is -4.78. The van der Waals surface area contributed by atoms with Crippen LogP contribution in [0, 0.1) is 0 Å². The molecule has 8 heteroatoms. The van der Waals surface area contributed by atoms with E-state index in [0.29, 0.717) is 0 Å². The van der Waals surface area contributed by atoms with Crippen molar-refractivity contribution in [3.63, 3.8) is 0 Å². The van der Waals surface area contributed by atoms with Crippen molar-refractivity contribution >= 4 is 20.0 Å². The first-order valence-electron chi connectivity index (χ1n) is 3.52. The molecule has 1 atom stereocenters. The Labute approximate surface area is 88.4 Å². The second-order valence-corrected chi connectivity index (χ2v) is 5.27. The van der Waals surface area contributed by atoms with Crippen molar-refractivity contribution in [3.8, 4) is 5.75 Å². The van der Waals surface area contributed by atoms with E-state index in [9.17, 15) is 17.4 Å². The van der Waals surface area contributed by atoms with Gasteiger partial charge in [0.2, 0.25) is 0 Å². The summed E-state index contributed by atoms with van der Waals surface area (Å²) in [7, 11) is -3.57. The topological polar surface area (TPSA) is 46.5 Å². The fourth-order valence-electron chi connectivity index (χ4n) is 0.813. The average molecular weight is 258 g/mol. The van der Waals surface area contributed by atoms with Gasteiger partial charge in [0.15, 0.2) is 8.77 Å². The lowest BCUT2D eigenvalue weighted by Crippen LogP contribution is -2.17. The first-order chi connectivity index (χ1) is 6.68. The average Bonchev–Trinajstić information content (AvgIpc) is 2.00. The zero-order valence-electron chi connectivity index (χ0n) is 7.02. The van der Waals surface area contributed by atoms with Crippen molar-refractivity contribution in [2.45, 2.75) is 11.3 Å². The van der Waals surface area contributed by atoms with Crippen LogP contribution in [-0.2, 0) is 20.0 Å². The van der Waals surface area contributed by atoms with E-state index >= 15 is 0 Å². The van der Waals surface area contributed by atoms with Crippen LogP contribution in [0.1, 0.15) is 0 Å². The van der Waals surface area contributed by atoms with Crippen LogP contribution in [0.5, 0.6) is 5.75 Å². The fourth-order valence-corrected chi connectivity index (χ4v) is 1.63. The molecule has 0 heterocycles. The molecule has 15 heavy (non-hydrogen) atoms. The van der Waals surface area contributed by atoms with Gasteiger partial charge in [-0.2, -0.15) is 0 Å². The highest BCUT2D eigenvalue weighted by molar-refractivity contribution is 8.29. The molecule has 0 saturated carbocycles. The van der Waals surface area contributed by atoms with Gasteiger partial charge in [-0.05, 0) is 24.3 Å². The SMILES string of the molecule is O=S(O)(=S)c1ccc(OC(F)(F)F)cc1. The first-order valence-corrected chi connectivity index (χ1v) is 5.96. The summed E-state index contributed by atoms with van der Waals surface area (Å²) >= 11 is 4.22. The number of rotatable bonds is 2. The molecule has 0 aliphatic rings. The first kappa shape index (κ1) is 12.2. The summed E-state index contributed by atoms with van der Waals surface area (Å²) in [4.78, 5) is -0.132. The maximum atomic E-state index is 11.7. The Bertz CT molecular complexity index is 436. The summed E-state index contributed by atoms with van der Waals surface area (Å²) in [5.41, 5.74) is 0. The second-order valence-electron chi connectivity index (χ2n) is 2.49. The van der Waals surface area contributed by atoms with E-state index in [4.69, 9.17) is 4.55 Å². The predicted molar refractivity (Wildman–Crippen MR) is 49.5 cm³/mol. The number of hydrogen-bond donors (Lipinski definition) is 1. The molecule has 0 fully saturated rings. The zero-order chi connectivity index (χ0) is 11.7. The van der Waals surface area contributed by atoms with Gasteiger partial charge in [-0.1, -0.05) is 0 Å². The third-order valence-corrected chi connectivity index (χ3v) is 2.80. The molecule has 0 aliphatic heterocycles. The monoisotopic (exact) mass is 258 g/mol. The number of alkyl halides is 3. The van der Waals surface area contributed by atoms with Gasteiger partial charge in [0, 0.05) is 11.2 Å². The number of ether oxygens (including phenoxy) is 1. The van der Waals surface area contributed by atoms with Gasteiger partial charge in [-0.25, -0.2) is 4.21 Å². The van der Waals surface area contributed by atoms with E-state index in [0.717, 1.165) is 24.3 Å². The molecule has 1 rings (SSSR count). The summed E-state index contributed by atoms with van der Waals surface area (Å²) < 4.78 is 58.5. The van der Waals surface area contributed by atoms with Crippen LogP contribution < -0.4 is 4.74 Å². The second kappa shape index (κ2) is 3.95. The molecular weight excluding hydrogens is 253 g/mol. The van der Waals surface area contributed by atoms with Crippen molar-refractivity contribution in [3.05, 3.63) is 24.3 Å². The van der Waals surface area contributed by atoms with Gasteiger partial charge < -0.3 is 9.29 Å². The molecule has 1 unspecified atom stereocenters. The summed E-state index contributed by atoms with van der Waals surface area (Å²) in [5, 5.41) is 0. The standard InChI is InChI=1S/C7H5F3O3S2/c8-7(9,10)13-5-1-3-6(4-2-5)15(11,12)14/h1-4H,(H,11,12,14). The Hall–Kier alpha value is -0.860. The van der Waals surface area contributed by atoms with Gasteiger partial charge in [0.25, 0.3) is 0 Å². The van der Waals surface area contributed by atoms with Gasteiger partial charge >= 0.3 is 6.36 Å². The number of benzene rings is 1. The van der Waals surface area contributed by atoms with E-state index in [2.05, 4.69) is 15.9 Å². The van der Waals surface area contributed by atoms with E-state index in [-0.39, 0.29) is 4.90 Å². The molecule has 0 spiro atoms. The van der Waals surface area contributed by atoms with E-state index < -0.39 is 20.9 Å². The van der Waals surface area contributed by atoms with E-state index in [1.165, 1.54) is 0 Å². The minimum absolute atomic E-state index is 0.132. The van der Waals surface area contributed by atoms with Crippen molar-refractivity contribution in [2.24, 2.45) is 0 Å². The number of hydrogen-bond acceptors (Lipinski definition) is 3. The van der Waals surface area contributed by atoms with Crippen LogP contribution >= 0.6 is 0 Å². The molecule has 0 radical (unpaired) electrons. The third kappa shape index (κ3) is 4.02. The van der Waals surface area contributed by atoms with Crippen LogP contribution in [0.3, 0.4) is 0 Å². The smallest absolute Gasteiger partial charge is 0.406 e. The van der Waals surface area contributed by atoms with Crippen molar-refractivity contribution in [1.29, 1.82) is 0 Å². The largest absolute Gasteiger partial charge is 0.573 e. The molecule has 0 aromatic heterocycles. The van der Waals surface area contributed by atoms with Gasteiger partial charge in [-0.3, -0.25) is 0 Å². The molecule has 3 nitrogen and oxygen atoms in total. The Morgan fingerprint density at radius 1 is 1.27 bits per heavy atom. The Balaban J connectivity index is 2.92. The molecule has 1 aromatic carbocycles.